The van der Waals surface area contributed by atoms with Gasteiger partial charge in [0.1, 0.15) is 5.82 Å². The lowest BCUT2D eigenvalue weighted by Crippen LogP contribution is -2.48. The van der Waals surface area contributed by atoms with E-state index in [0.29, 0.717) is 43.6 Å². The molecule has 2 heterocycles. The van der Waals surface area contributed by atoms with Gasteiger partial charge in [0.2, 0.25) is 0 Å². The summed E-state index contributed by atoms with van der Waals surface area (Å²) in [5.74, 6) is -0.592. The molecule has 0 N–H and O–H groups in total. The number of alkyl halides is 3. The number of benzene rings is 2. The van der Waals surface area contributed by atoms with Crippen LogP contribution >= 0.6 is 0 Å². The van der Waals surface area contributed by atoms with Crippen LogP contribution in [0.1, 0.15) is 21.5 Å². The molecule has 0 aliphatic carbocycles. The summed E-state index contributed by atoms with van der Waals surface area (Å²) < 4.78 is 52.0. The first-order valence-corrected chi connectivity index (χ1v) is 9.54. The van der Waals surface area contributed by atoms with Crippen LogP contribution in [-0.4, -0.2) is 46.9 Å². The maximum Gasteiger partial charge on any atom is 0.416 e. The van der Waals surface area contributed by atoms with E-state index in [2.05, 4.69) is 9.88 Å². The van der Waals surface area contributed by atoms with E-state index in [4.69, 9.17) is 0 Å². The van der Waals surface area contributed by atoms with E-state index < -0.39 is 11.7 Å². The quantitative estimate of drug-likeness (QED) is 0.595. The van der Waals surface area contributed by atoms with Crippen molar-refractivity contribution in [2.75, 3.05) is 26.2 Å². The average Bonchev–Trinajstić information content (AvgIpc) is 2.75. The van der Waals surface area contributed by atoms with Crippen LogP contribution in [0.4, 0.5) is 17.6 Å². The third kappa shape index (κ3) is 4.14. The second-order valence-corrected chi connectivity index (χ2v) is 7.25. The van der Waals surface area contributed by atoms with Crippen LogP contribution in [0.15, 0.2) is 54.7 Å². The van der Waals surface area contributed by atoms with Gasteiger partial charge in [-0.05, 0) is 48.0 Å². The summed E-state index contributed by atoms with van der Waals surface area (Å²) in [6.45, 7) is 2.73. The van der Waals surface area contributed by atoms with E-state index in [1.165, 1.54) is 18.2 Å². The van der Waals surface area contributed by atoms with Crippen molar-refractivity contribution in [1.82, 2.24) is 14.8 Å². The highest BCUT2D eigenvalue weighted by atomic mass is 19.4. The number of hydrogen-bond acceptors (Lipinski definition) is 3. The Morgan fingerprint density at radius 2 is 1.67 bits per heavy atom. The molecule has 30 heavy (non-hydrogen) atoms. The van der Waals surface area contributed by atoms with Crippen molar-refractivity contribution in [3.05, 3.63) is 77.2 Å². The number of aromatic nitrogens is 1. The minimum absolute atomic E-state index is 0.241. The number of piperazine rings is 1. The fraction of sp³-hybridized carbons (Fsp3) is 0.273. The molecule has 156 valence electrons. The van der Waals surface area contributed by atoms with Crippen molar-refractivity contribution in [3.63, 3.8) is 0 Å². The summed E-state index contributed by atoms with van der Waals surface area (Å²) in [6.07, 6.45) is -2.79. The topological polar surface area (TPSA) is 36.4 Å². The molecule has 0 spiro atoms. The zero-order chi connectivity index (χ0) is 21.3. The first-order valence-electron chi connectivity index (χ1n) is 9.54. The Kier molecular flexibility index (Phi) is 5.42. The third-order valence-electron chi connectivity index (χ3n) is 5.31. The van der Waals surface area contributed by atoms with E-state index >= 15 is 0 Å². The molecular formula is C22H19F4N3O. The van der Waals surface area contributed by atoms with Crippen LogP contribution in [0.3, 0.4) is 0 Å². The van der Waals surface area contributed by atoms with Crippen LogP contribution in [0.25, 0.3) is 10.9 Å². The molecule has 4 nitrogen and oxygen atoms in total. The average molecular weight is 417 g/mol. The Bertz CT molecular complexity index is 1060. The van der Waals surface area contributed by atoms with Crippen molar-refractivity contribution in [2.45, 2.75) is 12.7 Å². The number of amides is 1. The van der Waals surface area contributed by atoms with Crippen LogP contribution < -0.4 is 0 Å². The van der Waals surface area contributed by atoms with Gasteiger partial charge in [0.15, 0.2) is 0 Å². The highest BCUT2D eigenvalue weighted by molar-refractivity contribution is 5.94. The van der Waals surface area contributed by atoms with Crippen LogP contribution in [0.2, 0.25) is 0 Å². The smallest absolute Gasteiger partial charge is 0.336 e. The number of pyridine rings is 1. The second kappa shape index (κ2) is 8.02. The Labute approximate surface area is 170 Å². The fourth-order valence-corrected chi connectivity index (χ4v) is 3.66. The molecule has 1 aliphatic heterocycles. The van der Waals surface area contributed by atoms with E-state index in [9.17, 15) is 22.4 Å². The Balaban J connectivity index is 1.40. The maximum absolute atomic E-state index is 14.0. The summed E-state index contributed by atoms with van der Waals surface area (Å²) in [5.41, 5.74) is 1.00. The van der Waals surface area contributed by atoms with Gasteiger partial charge in [-0.1, -0.05) is 6.07 Å². The lowest BCUT2D eigenvalue weighted by atomic mass is 10.1. The van der Waals surface area contributed by atoms with Crippen molar-refractivity contribution in [2.24, 2.45) is 0 Å². The molecule has 0 bridgehead atoms. The molecule has 2 aromatic carbocycles. The maximum atomic E-state index is 14.0. The summed E-state index contributed by atoms with van der Waals surface area (Å²) in [5, 5.41) is 0.478. The lowest BCUT2D eigenvalue weighted by molar-refractivity contribution is -0.137. The molecule has 1 saturated heterocycles. The van der Waals surface area contributed by atoms with Crippen LogP contribution in [0.5, 0.6) is 0 Å². The zero-order valence-corrected chi connectivity index (χ0v) is 16.0. The minimum Gasteiger partial charge on any atom is -0.336 e. The van der Waals surface area contributed by atoms with Crippen LogP contribution in [-0.2, 0) is 12.7 Å². The number of fused-ring (bicyclic) bond motifs is 1. The standard InChI is InChI=1S/C22H19F4N3O/c23-19-8-5-16(20-18(19)2-1-9-27-20)14-28-10-12-29(13-11-28)21(30)15-3-6-17(7-4-15)22(24,25)26/h1-9H,10-14H2. The Morgan fingerprint density at radius 1 is 0.967 bits per heavy atom. The molecule has 4 rings (SSSR count). The first-order chi connectivity index (χ1) is 14.3. The number of nitrogens with zero attached hydrogens (tertiary/aromatic N) is 3. The van der Waals surface area contributed by atoms with Crippen LogP contribution in [0, 0.1) is 5.82 Å². The lowest BCUT2D eigenvalue weighted by Gasteiger charge is -2.35. The predicted octanol–water partition coefficient (Wildman–Crippen LogP) is 4.35. The van der Waals surface area contributed by atoms with Gasteiger partial charge in [0, 0.05) is 49.9 Å². The summed E-state index contributed by atoms with van der Waals surface area (Å²) in [6, 6.07) is 10.8. The Hall–Kier alpha value is -3.00. The normalized spacial score (nSPS) is 15.5. The largest absolute Gasteiger partial charge is 0.416 e. The first kappa shape index (κ1) is 20.3. The van der Waals surface area contributed by atoms with E-state index in [0.717, 1.165) is 17.7 Å². The predicted molar refractivity (Wildman–Crippen MR) is 104 cm³/mol. The van der Waals surface area contributed by atoms with Crippen molar-refractivity contribution < 1.29 is 22.4 Å². The monoisotopic (exact) mass is 417 g/mol. The zero-order valence-electron chi connectivity index (χ0n) is 16.0. The molecule has 0 unspecified atom stereocenters. The summed E-state index contributed by atoms with van der Waals surface area (Å²) in [7, 11) is 0. The van der Waals surface area contributed by atoms with Gasteiger partial charge >= 0.3 is 6.18 Å². The van der Waals surface area contributed by atoms with E-state index in [1.54, 1.807) is 29.3 Å². The molecule has 0 atom stereocenters. The molecule has 8 heteroatoms. The molecule has 1 fully saturated rings. The van der Waals surface area contributed by atoms with Gasteiger partial charge in [-0.15, -0.1) is 0 Å². The number of rotatable bonds is 3. The summed E-state index contributed by atoms with van der Waals surface area (Å²) in [4.78, 5) is 20.7. The second-order valence-electron chi connectivity index (χ2n) is 7.25. The Morgan fingerprint density at radius 3 is 2.33 bits per heavy atom. The summed E-state index contributed by atoms with van der Waals surface area (Å²) >= 11 is 0. The number of carbonyl (C=O) groups excluding carboxylic acids is 1. The van der Waals surface area contributed by atoms with E-state index in [-0.39, 0.29) is 17.3 Å². The van der Waals surface area contributed by atoms with Gasteiger partial charge in [-0.2, -0.15) is 13.2 Å². The molecule has 1 aromatic heterocycles. The van der Waals surface area contributed by atoms with Gasteiger partial charge in [0.25, 0.3) is 5.91 Å². The highest BCUT2D eigenvalue weighted by Crippen LogP contribution is 2.29. The van der Waals surface area contributed by atoms with E-state index in [1.807, 2.05) is 0 Å². The van der Waals surface area contributed by atoms with Gasteiger partial charge < -0.3 is 4.90 Å². The van der Waals surface area contributed by atoms with Gasteiger partial charge in [-0.3, -0.25) is 14.7 Å². The fourth-order valence-electron chi connectivity index (χ4n) is 3.66. The molecule has 3 aromatic rings. The molecule has 1 aliphatic rings. The molecular weight excluding hydrogens is 398 g/mol. The molecule has 0 radical (unpaired) electrons. The third-order valence-corrected chi connectivity index (χ3v) is 5.31. The minimum atomic E-state index is -4.42. The molecule has 1 amide bonds. The molecule has 0 saturated carbocycles. The number of hydrogen-bond donors (Lipinski definition) is 0. The van der Waals surface area contributed by atoms with Gasteiger partial charge in [-0.25, -0.2) is 4.39 Å². The van der Waals surface area contributed by atoms with Crippen molar-refractivity contribution in [3.8, 4) is 0 Å². The number of halogens is 4. The highest BCUT2D eigenvalue weighted by Gasteiger charge is 2.30. The number of carbonyl (C=O) groups is 1. The van der Waals surface area contributed by atoms with Gasteiger partial charge in [0.05, 0.1) is 11.1 Å². The van der Waals surface area contributed by atoms with Crippen molar-refractivity contribution in [1.29, 1.82) is 0 Å². The van der Waals surface area contributed by atoms with Crippen molar-refractivity contribution >= 4 is 16.8 Å². The SMILES string of the molecule is O=C(c1ccc(C(F)(F)F)cc1)N1CCN(Cc2ccc(F)c3cccnc23)CC1.